The summed E-state index contributed by atoms with van der Waals surface area (Å²) in [6.45, 7) is -0.00284. The number of ether oxygens (including phenoxy) is 1. The fourth-order valence-electron chi connectivity index (χ4n) is 1.74. The number of hydrogen-bond donors (Lipinski definition) is 1. The van der Waals surface area contributed by atoms with Gasteiger partial charge in [0.15, 0.2) is 0 Å². The first-order valence-electron chi connectivity index (χ1n) is 5.78. The highest BCUT2D eigenvalue weighted by atomic mass is 19.4. The molecule has 1 aliphatic rings. The van der Waals surface area contributed by atoms with E-state index in [2.05, 4.69) is 10.1 Å². The monoisotopic (exact) mass is 288 g/mol. The molecule has 0 saturated carbocycles. The number of rotatable bonds is 4. The highest BCUT2D eigenvalue weighted by Crippen LogP contribution is 2.24. The molecule has 1 fully saturated rings. The number of amides is 2. The summed E-state index contributed by atoms with van der Waals surface area (Å²) in [5.41, 5.74) is 0.479. The van der Waals surface area contributed by atoms with Crippen LogP contribution in [0, 0.1) is 0 Å². The maximum absolute atomic E-state index is 12.0. The minimum Gasteiger partial charge on any atom is -0.406 e. The molecule has 0 aliphatic carbocycles. The van der Waals surface area contributed by atoms with Gasteiger partial charge in [0, 0.05) is 18.5 Å². The van der Waals surface area contributed by atoms with Gasteiger partial charge < -0.3 is 10.1 Å². The number of carbonyl (C=O) groups is 2. The van der Waals surface area contributed by atoms with Crippen molar-refractivity contribution in [1.82, 2.24) is 4.90 Å². The van der Waals surface area contributed by atoms with Crippen LogP contribution in [-0.4, -0.2) is 29.7 Å². The van der Waals surface area contributed by atoms with Crippen LogP contribution in [0.25, 0.3) is 0 Å². The molecule has 0 radical (unpaired) electrons. The zero-order chi connectivity index (χ0) is 14.8. The van der Waals surface area contributed by atoms with Crippen molar-refractivity contribution in [2.24, 2.45) is 0 Å². The molecular formula is C12H11F3N2O3. The Morgan fingerprint density at radius 2 is 1.65 bits per heavy atom. The Morgan fingerprint density at radius 3 is 2.15 bits per heavy atom. The zero-order valence-corrected chi connectivity index (χ0v) is 10.2. The van der Waals surface area contributed by atoms with Gasteiger partial charge in [-0.25, -0.2) is 0 Å². The van der Waals surface area contributed by atoms with Gasteiger partial charge in [-0.2, -0.15) is 0 Å². The van der Waals surface area contributed by atoms with Crippen LogP contribution < -0.4 is 10.1 Å². The smallest absolute Gasteiger partial charge is 0.406 e. The summed E-state index contributed by atoms with van der Waals surface area (Å²) in [6.07, 6.45) is -4.35. The zero-order valence-electron chi connectivity index (χ0n) is 10.2. The molecular weight excluding hydrogens is 277 g/mol. The third kappa shape index (κ3) is 3.62. The van der Waals surface area contributed by atoms with Crippen molar-refractivity contribution in [3.05, 3.63) is 24.3 Å². The van der Waals surface area contributed by atoms with E-state index < -0.39 is 6.36 Å². The summed E-state index contributed by atoms with van der Waals surface area (Å²) in [4.78, 5) is 23.7. The van der Waals surface area contributed by atoms with E-state index in [9.17, 15) is 22.8 Å². The average molecular weight is 288 g/mol. The van der Waals surface area contributed by atoms with Crippen LogP contribution in [0.15, 0.2) is 24.3 Å². The highest BCUT2D eigenvalue weighted by Gasteiger charge is 2.31. The molecule has 2 rings (SSSR count). The number of hydrogen-bond acceptors (Lipinski definition) is 4. The molecule has 1 heterocycles. The van der Waals surface area contributed by atoms with Crippen molar-refractivity contribution in [3.63, 3.8) is 0 Å². The summed E-state index contributed by atoms with van der Waals surface area (Å²) >= 11 is 0. The molecule has 0 atom stereocenters. The molecule has 1 aliphatic heterocycles. The minimum absolute atomic E-state index is 0.00284. The van der Waals surface area contributed by atoms with E-state index in [-0.39, 0.29) is 37.1 Å². The van der Waals surface area contributed by atoms with Gasteiger partial charge in [-0.3, -0.25) is 14.5 Å². The number of halogens is 3. The first-order valence-corrected chi connectivity index (χ1v) is 5.78. The number of likely N-dealkylation sites (tertiary alicyclic amines) is 1. The topological polar surface area (TPSA) is 58.6 Å². The van der Waals surface area contributed by atoms with Gasteiger partial charge >= 0.3 is 6.36 Å². The predicted octanol–water partition coefficient (Wildman–Crippen LogP) is 2.10. The Balaban J connectivity index is 1.91. The second-order valence-corrected chi connectivity index (χ2v) is 4.12. The lowest BCUT2D eigenvalue weighted by atomic mass is 10.3. The molecule has 0 bridgehead atoms. The molecule has 0 spiro atoms. The van der Waals surface area contributed by atoms with E-state index in [0.717, 1.165) is 17.0 Å². The summed E-state index contributed by atoms with van der Waals surface area (Å²) in [5, 5.41) is 2.78. The van der Waals surface area contributed by atoms with E-state index in [1.807, 2.05) is 0 Å². The van der Waals surface area contributed by atoms with Crippen LogP contribution in [0.1, 0.15) is 12.8 Å². The van der Waals surface area contributed by atoms with E-state index in [4.69, 9.17) is 0 Å². The quantitative estimate of drug-likeness (QED) is 0.862. The standard InChI is InChI=1S/C12H11F3N2O3/c13-12(14,15)20-9-3-1-8(2-4-9)16-7-17-10(18)5-6-11(17)19/h1-4,16H,5-7H2. The Labute approximate surface area is 112 Å². The number of nitrogens with zero attached hydrogens (tertiary/aromatic N) is 1. The Bertz CT molecular complexity index is 498. The molecule has 1 N–H and O–H groups in total. The molecule has 20 heavy (non-hydrogen) atoms. The van der Waals surface area contributed by atoms with Gasteiger partial charge in [0.2, 0.25) is 11.8 Å². The largest absolute Gasteiger partial charge is 0.573 e. The van der Waals surface area contributed by atoms with Crippen molar-refractivity contribution in [3.8, 4) is 5.75 Å². The number of carbonyl (C=O) groups excluding carboxylic acids is 2. The Morgan fingerprint density at radius 1 is 1.10 bits per heavy atom. The van der Waals surface area contributed by atoms with E-state index in [1.165, 1.54) is 12.1 Å². The van der Waals surface area contributed by atoms with Crippen molar-refractivity contribution in [2.45, 2.75) is 19.2 Å². The third-order valence-electron chi connectivity index (χ3n) is 2.68. The van der Waals surface area contributed by atoms with Crippen LogP contribution in [0.4, 0.5) is 18.9 Å². The van der Waals surface area contributed by atoms with Gasteiger partial charge in [0.1, 0.15) is 5.75 Å². The van der Waals surface area contributed by atoms with Crippen LogP contribution in [0.3, 0.4) is 0 Å². The number of imide groups is 1. The molecule has 0 aromatic heterocycles. The number of alkyl halides is 3. The fourth-order valence-corrected chi connectivity index (χ4v) is 1.74. The first kappa shape index (κ1) is 14.2. The predicted molar refractivity (Wildman–Crippen MR) is 62.7 cm³/mol. The Hall–Kier alpha value is -2.25. The molecule has 1 saturated heterocycles. The van der Waals surface area contributed by atoms with Crippen molar-refractivity contribution in [2.75, 3.05) is 12.0 Å². The van der Waals surface area contributed by atoms with Gasteiger partial charge in [0.25, 0.3) is 0 Å². The highest BCUT2D eigenvalue weighted by molar-refractivity contribution is 6.02. The van der Waals surface area contributed by atoms with Gasteiger partial charge in [-0.05, 0) is 24.3 Å². The molecule has 5 nitrogen and oxygen atoms in total. The lowest BCUT2D eigenvalue weighted by Gasteiger charge is -2.16. The number of benzene rings is 1. The lowest BCUT2D eigenvalue weighted by molar-refractivity contribution is -0.274. The van der Waals surface area contributed by atoms with Gasteiger partial charge in [0.05, 0.1) is 6.67 Å². The number of nitrogens with one attached hydrogen (secondary N) is 1. The normalized spacial score (nSPS) is 15.7. The first-order chi connectivity index (χ1) is 9.35. The average Bonchev–Trinajstić information content (AvgIpc) is 2.67. The van der Waals surface area contributed by atoms with Crippen molar-refractivity contribution >= 4 is 17.5 Å². The molecule has 1 aromatic carbocycles. The van der Waals surface area contributed by atoms with Crippen molar-refractivity contribution in [1.29, 1.82) is 0 Å². The minimum atomic E-state index is -4.73. The van der Waals surface area contributed by atoms with Crippen LogP contribution in [-0.2, 0) is 9.59 Å². The van der Waals surface area contributed by atoms with Crippen LogP contribution in [0.5, 0.6) is 5.75 Å². The molecule has 1 aromatic rings. The lowest BCUT2D eigenvalue weighted by Crippen LogP contribution is -2.33. The number of anilines is 1. The van der Waals surface area contributed by atoms with Crippen LogP contribution in [0.2, 0.25) is 0 Å². The van der Waals surface area contributed by atoms with E-state index in [0.29, 0.717) is 5.69 Å². The van der Waals surface area contributed by atoms with E-state index in [1.54, 1.807) is 0 Å². The molecule has 0 unspecified atom stereocenters. The fraction of sp³-hybridized carbons (Fsp3) is 0.333. The van der Waals surface area contributed by atoms with Crippen molar-refractivity contribution < 1.29 is 27.5 Å². The SMILES string of the molecule is O=C1CCC(=O)N1CNc1ccc(OC(F)(F)F)cc1. The van der Waals surface area contributed by atoms with E-state index >= 15 is 0 Å². The second-order valence-electron chi connectivity index (χ2n) is 4.12. The second kappa shape index (κ2) is 5.40. The maximum Gasteiger partial charge on any atom is 0.573 e. The maximum atomic E-state index is 12.0. The summed E-state index contributed by atoms with van der Waals surface area (Å²) in [5.74, 6) is -0.865. The molecule has 108 valence electrons. The van der Waals surface area contributed by atoms with Crippen LogP contribution >= 0.6 is 0 Å². The van der Waals surface area contributed by atoms with Gasteiger partial charge in [-0.15, -0.1) is 13.2 Å². The molecule has 8 heteroatoms. The summed E-state index contributed by atoms with van der Waals surface area (Å²) in [7, 11) is 0. The summed E-state index contributed by atoms with van der Waals surface area (Å²) < 4.78 is 39.6. The Kier molecular flexibility index (Phi) is 3.82. The third-order valence-corrected chi connectivity index (χ3v) is 2.68. The molecule has 2 amide bonds. The summed E-state index contributed by atoms with van der Waals surface area (Å²) in [6, 6.07) is 5.02. The van der Waals surface area contributed by atoms with Gasteiger partial charge in [-0.1, -0.05) is 0 Å².